The van der Waals surface area contributed by atoms with Gasteiger partial charge in [0, 0.05) is 51.6 Å². The highest BCUT2D eigenvalue weighted by Gasteiger charge is 2.32. The first-order valence-corrected chi connectivity index (χ1v) is 8.92. The third kappa shape index (κ3) is 4.61. The summed E-state index contributed by atoms with van der Waals surface area (Å²) in [6, 6.07) is 0.0273. The van der Waals surface area contributed by atoms with Crippen LogP contribution in [-0.4, -0.2) is 77.0 Å². The molecule has 7 nitrogen and oxygen atoms in total. The van der Waals surface area contributed by atoms with E-state index in [1.807, 2.05) is 16.7 Å². The van der Waals surface area contributed by atoms with Gasteiger partial charge in [-0.3, -0.25) is 9.59 Å². The molecule has 0 aromatic heterocycles. The highest BCUT2D eigenvalue weighted by molar-refractivity contribution is 5.80. The highest BCUT2D eigenvalue weighted by Crippen LogP contribution is 2.22. The fourth-order valence-electron chi connectivity index (χ4n) is 3.46. The second-order valence-corrected chi connectivity index (χ2v) is 6.97. The van der Waals surface area contributed by atoms with Gasteiger partial charge in [-0.1, -0.05) is 0 Å². The Bertz CT molecular complexity index is 468. The molecule has 0 aliphatic carbocycles. The maximum atomic E-state index is 12.6. The van der Waals surface area contributed by atoms with E-state index < -0.39 is 5.97 Å². The van der Waals surface area contributed by atoms with Gasteiger partial charge in [0.25, 0.3) is 0 Å². The lowest BCUT2D eigenvalue weighted by atomic mass is 9.94. The van der Waals surface area contributed by atoms with Crippen molar-refractivity contribution in [3.63, 3.8) is 0 Å². The van der Waals surface area contributed by atoms with Crippen LogP contribution in [0.3, 0.4) is 0 Å². The minimum absolute atomic E-state index is 0.0649. The summed E-state index contributed by atoms with van der Waals surface area (Å²) in [6.07, 6.45) is 4.08. The minimum Gasteiger partial charge on any atom is -0.481 e. The van der Waals surface area contributed by atoms with E-state index in [1.54, 1.807) is 11.9 Å². The van der Waals surface area contributed by atoms with E-state index in [4.69, 9.17) is 5.11 Å². The first-order valence-electron chi connectivity index (χ1n) is 8.92. The second kappa shape index (κ2) is 8.35. The molecule has 0 saturated carbocycles. The zero-order valence-electron chi connectivity index (χ0n) is 14.7. The molecule has 1 N–H and O–H groups in total. The van der Waals surface area contributed by atoms with Crippen molar-refractivity contribution in [2.24, 2.45) is 5.92 Å². The summed E-state index contributed by atoms with van der Waals surface area (Å²) in [7, 11) is 1.75. The smallest absolute Gasteiger partial charge is 0.319 e. The van der Waals surface area contributed by atoms with Crippen LogP contribution in [0.25, 0.3) is 0 Å². The van der Waals surface area contributed by atoms with Crippen LogP contribution in [0.5, 0.6) is 0 Å². The molecular weight excluding hydrogens is 310 g/mol. The van der Waals surface area contributed by atoms with E-state index in [0.717, 1.165) is 25.9 Å². The maximum absolute atomic E-state index is 12.6. The Morgan fingerprint density at radius 3 is 2.17 bits per heavy atom. The van der Waals surface area contributed by atoms with E-state index in [2.05, 4.69) is 0 Å². The van der Waals surface area contributed by atoms with Gasteiger partial charge in [0.15, 0.2) is 0 Å². The third-order valence-electron chi connectivity index (χ3n) is 5.28. The van der Waals surface area contributed by atoms with Gasteiger partial charge >= 0.3 is 12.0 Å². The topological polar surface area (TPSA) is 81.2 Å². The van der Waals surface area contributed by atoms with Crippen molar-refractivity contribution in [3.8, 4) is 0 Å². The molecule has 0 aromatic carbocycles. The van der Waals surface area contributed by atoms with Crippen LogP contribution in [0.15, 0.2) is 0 Å². The largest absolute Gasteiger partial charge is 0.481 e. The first kappa shape index (κ1) is 18.5. The van der Waals surface area contributed by atoms with E-state index in [0.29, 0.717) is 32.4 Å². The number of carbonyl (C=O) groups excluding carboxylic acids is 2. The number of amides is 3. The van der Waals surface area contributed by atoms with Crippen LogP contribution in [0.1, 0.15) is 45.4 Å². The molecule has 1 unspecified atom stereocenters. The number of rotatable bonds is 5. The number of hydrogen-bond acceptors (Lipinski definition) is 3. The Labute approximate surface area is 143 Å². The molecule has 2 heterocycles. The van der Waals surface area contributed by atoms with Crippen molar-refractivity contribution in [1.82, 2.24) is 14.7 Å². The van der Waals surface area contributed by atoms with E-state index in [-0.39, 0.29) is 30.3 Å². The molecule has 2 saturated heterocycles. The van der Waals surface area contributed by atoms with Crippen LogP contribution in [0.2, 0.25) is 0 Å². The van der Waals surface area contributed by atoms with Crippen molar-refractivity contribution in [2.75, 3.05) is 33.2 Å². The molecule has 0 spiro atoms. The maximum Gasteiger partial charge on any atom is 0.319 e. The highest BCUT2D eigenvalue weighted by atomic mass is 16.4. The number of carbonyl (C=O) groups is 3. The van der Waals surface area contributed by atoms with Crippen molar-refractivity contribution in [1.29, 1.82) is 0 Å². The average molecular weight is 339 g/mol. The van der Waals surface area contributed by atoms with Gasteiger partial charge in [0.05, 0.1) is 0 Å². The normalized spacial score (nSPS) is 20.1. The van der Waals surface area contributed by atoms with Crippen molar-refractivity contribution < 1.29 is 19.5 Å². The van der Waals surface area contributed by atoms with Gasteiger partial charge in [-0.25, -0.2) is 4.79 Å². The van der Waals surface area contributed by atoms with Crippen molar-refractivity contribution >= 4 is 17.9 Å². The Morgan fingerprint density at radius 2 is 1.62 bits per heavy atom. The summed E-state index contributed by atoms with van der Waals surface area (Å²) in [5.74, 6) is -0.831. The lowest BCUT2D eigenvalue weighted by molar-refractivity contribution is -0.140. The SMILES string of the molecule is CC(CCC(=O)O)N(C)C(=O)C1CCN(C(=O)N2CCCC2)CC1. The molecule has 1 atom stereocenters. The van der Waals surface area contributed by atoms with Crippen LogP contribution < -0.4 is 0 Å². The summed E-state index contributed by atoms with van der Waals surface area (Å²) >= 11 is 0. The van der Waals surface area contributed by atoms with Crippen LogP contribution in [0.4, 0.5) is 4.79 Å². The van der Waals surface area contributed by atoms with Crippen LogP contribution >= 0.6 is 0 Å². The van der Waals surface area contributed by atoms with Crippen molar-refractivity contribution in [2.45, 2.75) is 51.5 Å². The number of likely N-dealkylation sites (tertiary alicyclic amines) is 2. The summed E-state index contributed by atoms with van der Waals surface area (Å²) < 4.78 is 0. The fourth-order valence-corrected chi connectivity index (χ4v) is 3.46. The van der Waals surface area contributed by atoms with Gasteiger partial charge < -0.3 is 19.8 Å². The number of carboxylic acids is 1. The molecule has 0 radical (unpaired) electrons. The molecule has 2 fully saturated rings. The second-order valence-electron chi connectivity index (χ2n) is 6.97. The molecule has 0 aromatic rings. The molecule has 24 heavy (non-hydrogen) atoms. The van der Waals surface area contributed by atoms with Gasteiger partial charge in [0.1, 0.15) is 0 Å². The summed E-state index contributed by atoms with van der Waals surface area (Å²) in [6.45, 7) is 4.84. The number of aliphatic carboxylic acids is 1. The molecular formula is C17H29N3O4. The Morgan fingerprint density at radius 1 is 1.08 bits per heavy atom. The number of urea groups is 1. The van der Waals surface area contributed by atoms with E-state index in [9.17, 15) is 14.4 Å². The summed E-state index contributed by atoms with van der Waals surface area (Å²) in [5, 5.41) is 8.76. The van der Waals surface area contributed by atoms with Gasteiger partial charge in [-0.05, 0) is 39.0 Å². The predicted molar refractivity (Wildman–Crippen MR) is 89.6 cm³/mol. The first-order chi connectivity index (χ1) is 11.4. The lowest BCUT2D eigenvalue weighted by Crippen LogP contribution is -2.48. The molecule has 2 aliphatic rings. The number of piperidine rings is 1. The standard InChI is InChI=1S/C17H29N3O4/c1-13(5-6-15(21)22)18(2)16(23)14-7-11-20(12-8-14)17(24)19-9-3-4-10-19/h13-14H,3-12H2,1-2H3,(H,21,22). The quantitative estimate of drug-likeness (QED) is 0.825. The predicted octanol–water partition coefficient (Wildman–Crippen LogP) is 1.63. The minimum atomic E-state index is -0.837. The van der Waals surface area contributed by atoms with Gasteiger partial charge in [-0.2, -0.15) is 0 Å². The molecule has 2 aliphatic heterocycles. The zero-order valence-corrected chi connectivity index (χ0v) is 14.7. The molecule has 2 rings (SSSR count). The number of carboxylic acid groups (broad SMARTS) is 1. The van der Waals surface area contributed by atoms with Gasteiger partial charge in [0.2, 0.25) is 5.91 Å². The summed E-state index contributed by atoms with van der Waals surface area (Å²) in [5.41, 5.74) is 0. The Kier molecular flexibility index (Phi) is 6.45. The van der Waals surface area contributed by atoms with Crippen LogP contribution in [0, 0.1) is 5.92 Å². The number of hydrogen-bond donors (Lipinski definition) is 1. The Hall–Kier alpha value is -1.79. The molecule has 3 amide bonds. The summed E-state index contributed by atoms with van der Waals surface area (Å²) in [4.78, 5) is 41.1. The molecule has 136 valence electrons. The average Bonchev–Trinajstić information content (AvgIpc) is 3.12. The molecule has 7 heteroatoms. The monoisotopic (exact) mass is 339 g/mol. The number of nitrogens with zero attached hydrogens (tertiary/aromatic N) is 3. The lowest BCUT2D eigenvalue weighted by Gasteiger charge is -2.36. The Balaban J connectivity index is 1.79. The van der Waals surface area contributed by atoms with E-state index >= 15 is 0 Å². The fraction of sp³-hybridized carbons (Fsp3) is 0.824. The van der Waals surface area contributed by atoms with Crippen molar-refractivity contribution in [3.05, 3.63) is 0 Å². The third-order valence-corrected chi connectivity index (χ3v) is 5.28. The molecule has 0 bridgehead atoms. The zero-order chi connectivity index (χ0) is 17.7. The van der Waals surface area contributed by atoms with E-state index in [1.165, 1.54) is 0 Å². The van der Waals surface area contributed by atoms with Gasteiger partial charge in [-0.15, -0.1) is 0 Å². The van der Waals surface area contributed by atoms with Crippen LogP contribution in [-0.2, 0) is 9.59 Å².